The molecule has 23 heavy (non-hydrogen) atoms. The van der Waals surface area contributed by atoms with E-state index in [2.05, 4.69) is 26.0 Å². The molecule has 0 saturated carbocycles. The van der Waals surface area contributed by atoms with Crippen LogP contribution in [0.4, 0.5) is 9.18 Å². The zero-order valence-electron chi connectivity index (χ0n) is 13.6. The fourth-order valence-electron chi connectivity index (χ4n) is 1.85. The summed E-state index contributed by atoms with van der Waals surface area (Å²) in [6.45, 7) is 5.18. The van der Waals surface area contributed by atoms with Crippen molar-refractivity contribution in [2.75, 3.05) is 7.11 Å². The Labute approximate surface area is 143 Å². The van der Waals surface area contributed by atoms with E-state index in [1.165, 1.54) is 13.2 Å². The highest BCUT2D eigenvalue weighted by Crippen LogP contribution is 2.18. The van der Waals surface area contributed by atoms with Crippen molar-refractivity contribution in [3.05, 3.63) is 34.1 Å². The van der Waals surface area contributed by atoms with Crippen LogP contribution in [0.1, 0.15) is 32.8 Å². The van der Waals surface area contributed by atoms with E-state index in [-0.39, 0.29) is 12.2 Å². The molecule has 5 nitrogen and oxygen atoms in total. The summed E-state index contributed by atoms with van der Waals surface area (Å²) in [5, 5.41) is 2.48. The number of benzene rings is 1. The number of carbonyl (C=O) groups is 2. The molecule has 0 aliphatic rings. The minimum absolute atomic E-state index is 0.271. The SMILES string of the molecule is COC(=O)C(CCc1ccc(Br)c(F)c1)NC(=O)OC(C)(C)C. The zero-order valence-corrected chi connectivity index (χ0v) is 15.2. The van der Waals surface area contributed by atoms with E-state index in [4.69, 9.17) is 4.74 Å². The van der Waals surface area contributed by atoms with Gasteiger partial charge in [-0.15, -0.1) is 0 Å². The lowest BCUT2D eigenvalue weighted by Crippen LogP contribution is -2.44. The average molecular weight is 390 g/mol. The number of ether oxygens (including phenoxy) is 2. The second-order valence-electron chi connectivity index (χ2n) is 6.01. The van der Waals surface area contributed by atoms with Gasteiger partial charge in [0.05, 0.1) is 11.6 Å². The Morgan fingerprint density at radius 3 is 2.52 bits per heavy atom. The Morgan fingerprint density at radius 1 is 1.35 bits per heavy atom. The normalized spacial score (nSPS) is 12.4. The highest BCUT2D eigenvalue weighted by molar-refractivity contribution is 9.10. The molecule has 0 heterocycles. The summed E-state index contributed by atoms with van der Waals surface area (Å²) in [4.78, 5) is 23.6. The molecule has 128 valence electrons. The second-order valence-corrected chi connectivity index (χ2v) is 6.86. The molecule has 1 amide bonds. The average Bonchev–Trinajstić information content (AvgIpc) is 2.44. The molecule has 0 bridgehead atoms. The molecule has 0 aliphatic carbocycles. The molecule has 1 aromatic carbocycles. The molecule has 0 aromatic heterocycles. The summed E-state index contributed by atoms with van der Waals surface area (Å²) in [6, 6.07) is 3.86. The van der Waals surface area contributed by atoms with Crippen LogP contribution in [0.15, 0.2) is 22.7 Å². The van der Waals surface area contributed by atoms with Crippen molar-refractivity contribution in [2.45, 2.75) is 45.3 Å². The van der Waals surface area contributed by atoms with E-state index in [1.54, 1.807) is 32.9 Å². The largest absolute Gasteiger partial charge is 0.467 e. The number of methoxy groups -OCH3 is 1. The quantitative estimate of drug-likeness (QED) is 0.781. The van der Waals surface area contributed by atoms with Crippen molar-refractivity contribution in [1.29, 1.82) is 0 Å². The van der Waals surface area contributed by atoms with Gasteiger partial charge < -0.3 is 14.8 Å². The third-order valence-corrected chi connectivity index (χ3v) is 3.53. The lowest BCUT2D eigenvalue weighted by atomic mass is 10.1. The number of nitrogens with one attached hydrogen (secondary N) is 1. The molecule has 1 aromatic rings. The Hall–Kier alpha value is -1.63. The van der Waals surface area contributed by atoms with E-state index in [1.807, 2.05) is 0 Å². The fourth-order valence-corrected chi connectivity index (χ4v) is 2.09. The van der Waals surface area contributed by atoms with Gasteiger partial charge in [-0.25, -0.2) is 14.0 Å². The summed E-state index contributed by atoms with van der Waals surface area (Å²) < 4.78 is 23.7. The summed E-state index contributed by atoms with van der Waals surface area (Å²) >= 11 is 3.08. The van der Waals surface area contributed by atoms with Gasteiger partial charge >= 0.3 is 12.1 Å². The molecule has 1 unspecified atom stereocenters. The Balaban J connectivity index is 2.69. The first-order valence-electron chi connectivity index (χ1n) is 7.13. The number of aryl methyl sites for hydroxylation is 1. The van der Waals surface area contributed by atoms with Crippen LogP contribution in [0.3, 0.4) is 0 Å². The highest BCUT2D eigenvalue weighted by atomic mass is 79.9. The first-order valence-corrected chi connectivity index (χ1v) is 7.93. The number of hydrogen-bond donors (Lipinski definition) is 1. The summed E-state index contributed by atoms with van der Waals surface area (Å²) in [7, 11) is 1.24. The van der Waals surface area contributed by atoms with Gasteiger partial charge in [0.15, 0.2) is 0 Å². The molecule has 0 saturated heterocycles. The summed E-state index contributed by atoms with van der Waals surface area (Å²) in [5.74, 6) is -0.953. The monoisotopic (exact) mass is 389 g/mol. The number of amides is 1. The van der Waals surface area contributed by atoms with Gasteiger partial charge in [0, 0.05) is 0 Å². The molecule has 7 heteroatoms. The van der Waals surface area contributed by atoms with Crippen LogP contribution >= 0.6 is 15.9 Å². The summed E-state index contributed by atoms with van der Waals surface area (Å²) in [6.07, 6.45) is -0.0258. The van der Waals surface area contributed by atoms with E-state index in [9.17, 15) is 14.0 Å². The standard InChI is InChI=1S/C16H21BrFNO4/c1-16(2,3)23-15(21)19-13(14(20)22-4)8-6-10-5-7-11(17)12(18)9-10/h5,7,9,13H,6,8H2,1-4H3,(H,19,21). The summed E-state index contributed by atoms with van der Waals surface area (Å²) in [5.41, 5.74) is 0.0464. The van der Waals surface area contributed by atoms with Crippen molar-refractivity contribution in [3.8, 4) is 0 Å². The minimum Gasteiger partial charge on any atom is -0.467 e. The number of carbonyl (C=O) groups excluding carboxylic acids is 2. The van der Waals surface area contributed by atoms with Crippen LogP contribution in [-0.2, 0) is 20.7 Å². The predicted molar refractivity (Wildman–Crippen MR) is 87.6 cm³/mol. The van der Waals surface area contributed by atoms with E-state index in [0.29, 0.717) is 16.5 Å². The maximum absolute atomic E-state index is 13.5. The molecule has 0 spiro atoms. The van der Waals surface area contributed by atoms with Gasteiger partial charge in [-0.05, 0) is 67.2 Å². The van der Waals surface area contributed by atoms with Crippen LogP contribution in [0.2, 0.25) is 0 Å². The maximum Gasteiger partial charge on any atom is 0.408 e. The first-order chi connectivity index (χ1) is 10.6. The maximum atomic E-state index is 13.5. The number of alkyl carbamates (subject to hydrolysis) is 1. The van der Waals surface area contributed by atoms with Gasteiger partial charge in [-0.2, -0.15) is 0 Å². The van der Waals surface area contributed by atoms with Gasteiger partial charge in [0.1, 0.15) is 17.5 Å². The van der Waals surface area contributed by atoms with Gasteiger partial charge in [0.2, 0.25) is 0 Å². The number of hydrogen-bond acceptors (Lipinski definition) is 4. The predicted octanol–water partition coefficient (Wildman–Crippen LogP) is 3.59. The second kappa shape index (κ2) is 8.29. The third-order valence-electron chi connectivity index (χ3n) is 2.88. The van der Waals surface area contributed by atoms with Crippen molar-refractivity contribution in [2.24, 2.45) is 0 Å². The van der Waals surface area contributed by atoms with Crippen LogP contribution in [0.5, 0.6) is 0 Å². The van der Waals surface area contributed by atoms with Gasteiger partial charge in [-0.3, -0.25) is 0 Å². The van der Waals surface area contributed by atoms with Gasteiger partial charge in [-0.1, -0.05) is 6.07 Å². The number of esters is 1. The van der Waals surface area contributed by atoms with Crippen LogP contribution < -0.4 is 5.32 Å². The Kier molecular flexibility index (Phi) is 7.00. The molecular weight excluding hydrogens is 369 g/mol. The zero-order chi connectivity index (χ0) is 17.6. The third kappa shape index (κ3) is 6.99. The molecule has 0 fully saturated rings. The van der Waals surface area contributed by atoms with Crippen LogP contribution in [0, 0.1) is 5.82 Å². The van der Waals surface area contributed by atoms with Crippen molar-refractivity contribution in [1.82, 2.24) is 5.32 Å². The fraction of sp³-hybridized carbons (Fsp3) is 0.500. The molecular formula is C16H21BrFNO4. The van der Waals surface area contributed by atoms with Crippen LogP contribution in [0.25, 0.3) is 0 Å². The van der Waals surface area contributed by atoms with Crippen molar-refractivity contribution in [3.63, 3.8) is 0 Å². The lowest BCUT2D eigenvalue weighted by molar-refractivity contribution is -0.143. The van der Waals surface area contributed by atoms with E-state index < -0.39 is 23.7 Å². The van der Waals surface area contributed by atoms with E-state index >= 15 is 0 Å². The molecule has 0 aliphatic heterocycles. The van der Waals surface area contributed by atoms with Crippen LogP contribution in [-0.4, -0.2) is 30.8 Å². The lowest BCUT2D eigenvalue weighted by Gasteiger charge is -2.22. The number of rotatable bonds is 5. The Morgan fingerprint density at radius 2 is 2.00 bits per heavy atom. The van der Waals surface area contributed by atoms with Crippen molar-refractivity contribution >= 4 is 28.0 Å². The molecule has 0 radical (unpaired) electrons. The van der Waals surface area contributed by atoms with E-state index in [0.717, 1.165) is 0 Å². The first kappa shape index (κ1) is 19.4. The number of halogens is 2. The topological polar surface area (TPSA) is 64.6 Å². The molecule has 1 rings (SSSR count). The molecule has 1 N–H and O–H groups in total. The van der Waals surface area contributed by atoms with Crippen molar-refractivity contribution < 1.29 is 23.5 Å². The highest BCUT2D eigenvalue weighted by Gasteiger charge is 2.24. The molecule has 1 atom stereocenters. The smallest absolute Gasteiger partial charge is 0.408 e. The minimum atomic E-state index is -0.860. The van der Waals surface area contributed by atoms with Gasteiger partial charge in [0.25, 0.3) is 0 Å². The Bertz CT molecular complexity index is 572.